The van der Waals surface area contributed by atoms with E-state index in [0.717, 1.165) is 11.3 Å². The fourth-order valence-corrected chi connectivity index (χ4v) is 4.91. The van der Waals surface area contributed by atoms with Crippen molar-refractivity contribution < 1.29 is 8.42 Å². The molecule has 1 unspecified atom stereocenters. The molecule has 4 rings (SSSR count). The van der Waals surface area contributed by atoms with Gasteiger partial charge in [-0.2, -0.15) is 4.31 Å². The fourth-order valence-electron chi connectivity index (χ4n) is 3.41. The molecule has 8 heteroatoms. The molecule has 7 nitrogen and oxygen atoms in total. The zero-order chi connectivity index (χ0) is 19.6. The first-order chi connectivity index (χ1) is 13.6. The lowest BCUT2D eigenvalue weighted by molar-refractivity contribution is 0.306. The van der Waals surface area contributed by atoms with E-state index < -0.39 is 10.0 Å². The lowest BCUT2D eigenvalue weighted by atomic mass is 10.2. The molecule has 1 fully saturated rings. The Morgan fingerprint density at radius 2 is 1.64 bits per heavy atom. The van der Waals surface area contributed by atoms with Gasteiger partial charge in [0, 0.05) is 49.3 Å². The Morgan fingerprint density at radius 1 is 0.964 bits per heavy atom. The van der Waals surface area contributed by atoms with Gasteiger partial charge in [0.25, 0.3) is 0 Å². The van der Waals surface area contributed by atoms with E-state index in [2.05, 4.69) is 19.9 Å². The van der Waals surface area contributed by atoms with Gasteiger partial charge in [0.1, 0.15) is 4.90 Å². The van der Waals surface area contributed by atoms with E-state index in [4.69, 9.17) is 0 Å². The minimum Gasteiger partial charge on any atom is -0.369 e. The number of benzene rings is 1. The van der Waals surface area contributed by atoms with Crippen LogP contribution in [0.3, 0.4) is 0 Å². The molecular formula is C20H21N5O2S. The first-order valence-electron chi connectivity index (χ1n) is 9.10. The van der Waals surface area contributed by atoms with Crippen LogP contribution < -0.4 is 4.90 Å². The maximum absolute atomic E-state index is 13.1. The van der Waals surface area contributed by atoms with Crippen molar-refractivity contribution in [1.82, 2.24) is 19.3 Å². The lowest BCUT2D eigenvalue weighted by Crippen LogP contribution is -2.54. The Hall–Kier alpha value is -2.84. The second kappa shape index (κ2) is 7.65. The summed E-state index contributed by atoms with van der Waals surface area (Å²) in [6.45, 7) is 3.57. The Bertz CT molecular complexity index is 1030. The first kappa shape index (κ1) is 18.5. The van der Waals surface area contributed by atoms with Crippen LogP contribution in [0.4, 0.5) is 5.69 Å². The zero-order valence-corrected chi connectivity index (χ0v) is 16.3. The van der Waals surface area contributed by atoms with Crippen molar-refractivity contribution in [3.05, 3.63) is 67.3 Å². The monoisotopic (exact) mass is 395 g/mol. The van der Waals surface area contributed by atoms with Crippen LogP contribution in [0.15, 0.2) is 72.1 Å². The molecule has 0 spiro atoms. The average Bonchev–Trinajstić information content (AvgIpc) is 2.75. The molecule has 1 aromatic carbocycles. The third kappa shape index (κ3) is 3.61. The van der Waals surface area contributed by atoms with Gasteiger partial charge < -0.3 is 4.90 Å². The molecule has 144 valence electrons. The van der Waals surface area contributed by atoms with Gasteiger partial charge in [-0.15, -0.1) is 0 Å². The Labute approximate surface area is 164 Å². The van der Waals surface area contributed by atoms with Gasteiger partial charge in [-0.3, -0.25) is 4.98 Å². The maximum atomic E-state index is 13.1. The topological polar surface area (TPSA) is 79.3 Å². The summed E-state index contributed by atoms with van der Waals surface area (Å²) in [4.78, 5) is 14.9. The van der Waals surface area contributed by atoms with Crippen LogP contribution in [0.2, 0.25) is 0 Å². The number of pyridine rings is 1. The third-order valence-electron chi connectivity index (χ3n) is 4.86. The minimum atomic E-state index is -3.65. The number of sulfonamides is 1. The Morgan fingerprint density at radius 3 is 2.29 bits per heavy atom. The van der Waals surface area contributed by atoms with E-state index >= 15 is 0 Å². The van der Waals surface area contributed by atoms with Crippen molar-refractivity contribution in [2.45, 2.75) is 17.9 Å². The number of hydrogen-bond donors (Lipinski definition) is 0. The van der Waals surface area contributed by atoms with Gasteiger partial charge in [-0.1, -0.05) is 30.3 Å². The molecule has 2 aromatic heterocycles. The highest BCUT2D eigenvalue weighted by Crippen LogP contribution is 2.24. The molecule has 3 aromatic rings. The predicted molar refractivity (Wildman–Crippen MR) is 107 cm³/mol. The number of nitrogens with zero attached hydrogens (tertiary/aromatic N) is 5. The summed E-state index contributed by atoms with van der Waals surface area (Å²) in [6.07, 6.45) is 6.28. The van der Waals surface area contributed by atoms with Crippen molar-refractivity contribution in [3.63, 3.8) is 0 Å². The van der Waals surface area contributed by atoms with Crippen LogP contribution in [-0.4, -0.2) is 53.4 Å². The lowest BCUT2D eigenvalue weighted by Gasteiger charge is -2.39. The summed E-state index contributed by atoms with van der Waals surface area (Å²) in [6, 6.07) is 13.2. The molecule has 1 atom stereocenters. The number of rotatable bonds is 4. The third-order valence-corrected chi connectivity index (χ3v) is 6.83. The zero-order valence-electron chi connectivity index (χ0n) is 15.5. The van der Waals surface area contributed by atoms with Crippen molar-refractivity contribution in [2.75, 3.05) is 24.5 Å². The number of aromatic nitrogens is 3. The SMILES string of the molecule is CC1CN(c2ccncc2)CCN1S(=O)(=O)c1cnc(-c2ccccc2)nc1. The van der Waals surface area contributed by atoms with E-state index in [1.165, 1.54) is 16.7 Å². The molecule has 1 aliphatic heterocycles. The molecule has 28 heavy (non-hydrogen) atoms. The number of hydrogen-bond acceptors (Lipinski definition) is 6. The molecule has 0 aliphatic carbocycles. The number of piperazine rings is 1. The molecule has 0 amide bonds. The number of anilines is 1. The van der Waals surface area contributed by atoms with Gasteiger partial charge in [0.2, 0.25) is 10.0 Å². The standard InChI is InChI=1S/C20H21N5O2S/c1-16-15-24(18-7-9-21-10-8-18)11-12-25(16)28(26,27)19-13-22-20(23-14-19)17-5-3-2-4-6-17/h2-10,13-14,16H,11-12,15H2,1H3. The second-order valence-electron chi connectivity index (χ2n) is 6.72. The summed E-state index contributed by atoms with van der Waals surface area (Å²) in [5.74, 6) is 0.509. The largest absolute Gasteiger partial charge is 0.369 e. The van der Waals surface area contributed by atoms with Gasteiger partial charge in [-0.05, 0) is 19.1 Å². The smallest absolute Gasteiger partial charge is 0.246 e. The summed E-state index contributed by atoms with van der Waals surface area (Å²) in [7, 11) is -3.65. The molecule has 0 saturated carbocycles. The van der Waals surface area contributed by atoms with Crippen LogP contribution in [0.1, 0.15) is 6.92 Å². The molecule has 3 heterocycles. The highest BCUT2D eigenvalue weighted by Gasteiger charge is 2.34. The molecule has 1 saturated heterocycles. The van der Waals surface area contributed by atoms with E-state index in [0.29, 0.717) is 25.5 Å². The molecule has 0 bridgehead atoms. The quantitative estimate of drug-likeness (QED) is 0.675. The van der Waals surface area contributed by atoms with E-state index in [1.54, 1.807) is 12.4 Å². The van der Waals surface area contributed by atoms with Gasteiger partial charge in [-0.25, -0.2) is 18.4 Å². The van der Waals surface area contributed by atoms with Gasteiger partial charge >= 0.3 is 0 Å². The first-order valence-corrected chi connectivity index (χ1v) is 10.5. The summed E-state index contributed by atoms with van der Waals surface area (Å²) < 4.78 is 27.7. The van der Waals surface area contributed by atoms with E-state index in [9.17, 15) is 8.42 Å². The minimum absolute atomic E-state index is 0.122. The predicted octanol–water partition coefficient (Wildman–Crippen LogP) is 2.44. The highest BCUT2D eigenvalue weighted by atomic mass is 32.2. The fraction of sp³-hybridized carbons (Fsp3) is 0.250. The normalized spacial score (nSPS) is 18.2. The van der Waals surface area contributed by atoms with Crippen LogP contribution in [0, 0.1) is 0 Å². The maximum Gasteiger partial charge on any atom is 0.246 e. The van der Waals surface area contributed by atoms with Gasteiger partial charge in [0.05, 0.1) is 12.4 Å². The van der Waals surface area contributed by atoms with Crippen molar-refractivity contribution in [2.24, 2.45) is 0 Å². The summed E-state index contributed by atoms with van der Waals surface area (Å²) >= 11 is 0. The van der Waals surface area contributed by atoms with Crippen molar-refractivity contribution >= 4 is 15.7 Å². The Balaban J connectivity index is 1.52. The van der Waals surface area contributed by atoms with Crippen LogP contribution in [0.25, 0.3) is 11.4 Å². The highest BCUT2D eigenvalue weighted by molar-refractivity contribution is 7.89. The average molecular weight is 395 g/mol. The second-order valence-corrected chi connectivity index (χ2v) is 8.62. The van der Waals surface area contributed by atoms with E-state index in [1.807, 2.05) is 49.4 Å². The van der Waals surface area contributed by atoms with Crippen LogP contribution >= 0.6 is 0 Å². The molecular weight excluding hydrogens is 374 g/mol. The van der Waals surface area contributed by atoms with E-state index in [-0.39, 0.29) is 10.9 Å². The molecule has 1 aliphatic rings. The summed E-state index contributed by atoms with van der Waals surface area (Å²) in [5, 5.41) is 0. The van der Waals surface area contributed by atoms with Crippen LogP contribution in [-0.2, 0) is 10.0 Å². The molecule has 0 radical (unpaired) electrons. The van der Waals surface area contributed by atoms with Crippen molar-refractivity contribution in [3.8, 4) is 11.4 Å². The Kier molecular flexibility index (Phi) is 5.06. The van der Waals surface area contributed by atoms with Crippen molar-refractivity contribution in [1.29, 1.82) is 0 Å². The summed E-state index contributed by atoms with van der Waals surface area (Å²) in [5.41, 5.74) is 1.90. The van der Waals surface area contributed by atoms with Gasteiger partial charge in [0.15, 0.2) is 5.82 Å². The van der Waals surface area contributed by atoms with Crippen LogP contribution in [0.5, 0.6) is 0 Å². The molecule has 0 N–H and O–H groups in total.